The van der Waals surface area contributed by atoms with Crippen LogP contribution in [0.15, 0.2) is 42.5 Å². The van der Waals surface area contributed by atoms with Crippen molar-refractivity contribution in [1.29, 1.82) is 0 Å². The molecule has 0 bridgehead atoms. The number of hydrogen-bond acceptors (Lipinski definition) is 2. The van der Waals surface area contributed by atoms with Gasteiger partial charge in [0.25, 0.3) is 0 Å². The second-order valence-electron chi connectivity index (χ2n) is 4.70. The molecule has 0 heterocycles. The minimum Gasteiger partial charge on any atom is -0.505 e. The lowest BCUT2D eigenvalue weighted by molar-refractivity contribution is -0.116. The fourth-order valence-electron chi connectivity index (χ4n) is 1.93. The van der Waals surface area contributed by atoms with E-state index in [0.29, 0.717) is 18.5 Å². The highest BCUT2D eigenvalue weighted by atomic mass is 19.1. The Morgan fingerprint density at radius 1 is 1.25 bits per heavy atom. The van der Waals surface area contributed by atoms with Gasteiger partial charge in [-0.2, -0.15) is 0 Å². The van der Waals surface area contributed by atoms with Gasteiger partial charge in [0.15, 0.2) is 11.6 Å². The van der Waals surface area contributed by atoms with E-state index in [1.807, 2.05) is 31.2 Å². The number of phenolic OH excluding ortho intramolecular Hbond substituents is 1. The summed E-state index contributed by atoms with van der Waals surface area (Å²) in [6.07, 6.45) is 0.958. The van der Waals surface area contributed by atoms with E-state index in [1.165, 1.54) is 12.1 Å². The van der Waals surface area contributed by atoms with Crippen molar-refractivity contribution in [3.8, 4) is 5.75 Å². The Morgan fingerprint density at radius 3 is 2.75 bits per heavy atom. The van der Waals surface area contributed by atoms with E-state index in [9.17, 15) is 9.18 Å². The molecule has 3 nitrogen and oxygen atoms in total. The van der Waals surface area contributed by atoms with Crippen molar-refractivity contribution in [3.05, 3.63) is 59.4 Å². The predicted octanol–water partition coefficient (Wildman–Crippen LogP) is 3.41. The summed E-state index contributed by atoms with van der Waals surface area (Å²) < 4.78 is 13.1. The van der Waals surface area contributed by atoms with Gasteiger partial charge in [-0.15, -0.1) is 0 Å². The van der Waals surface area contributed by atoms with Gasteiger partial charge in [-0.25, -0.2) is 4.39 Å². The van der Waals surface area contributed by atoms with Crippen LogP contribution in [-0.2, 0) is 11.2 Å². The molecule has 104 valence electrons. The molecule has 0 aromatic heterocycles. The van der Waals surface area contributed by atoms with Gasteiger partial charge in [-0.05, 0) is 31.0 Å². The number of aryl methyl sites for hydroxylation is 2. The summed E-state index contributed by atoms with van der Waals surface area (Å²) in [7, 11) is 0. The number of rotatable bonds is 4. The van der Waals surface area contributed by atoms with Crippen molar-refractivity contribution >= 4 is 11.6 Å². The number of hydrogen-bond donors (Lipinski definition) is 2. The second kappa shape index (κ2) is 6.19. The predicted molar refractivity (Wildman–Crippen MR) is 76.2 cm³/mol. The molecular weight excluding hydrogens is 257 g/mol. The molecule has 0 fully saturated rings. The van der Waals surface area contributed by atoms with Crippen LogP contribution in [-0.4, -0.2) is 11.0 Å². The molecule has 0 saturated carbocycles. The second-order valence-corrected chi connectivity index (χ2v) is 4.70. The van der Waals surface area contributed by atoms with Crippen LogP contribution in [0.3, 0.4) is 0 Å². The lowest BCUT2D eigenvalue weighted by Crippen LogP contribution is -2.12. The smallest absolute Gasteiger partial charge is 0.224 e. The Bertz CT molecular complexity index is 626. The monoisotopic (exact) mass is 273 g/mol. The summed E-state index contributed by atoms with van der Waals surface area (Å²) in [6, 6.07) is 11.7. The summed E-state index contributed by atoms with van der Waals surface area (Å²) in [5.74, 6) is -1.36. The largest absolute Gasteiger partial charge is 0.505 e. The highest BCUT2D eigenvalue weighted by Crippen LogP contribution is 2.19. The van der Waals surface area contributed by atoms with Gasteiger partial charge in [-0.3, -0.25) is 4.79 Å². The number of carbonyl (C=O) groups excluding carboxylic acids is 1. The Kier molecular flexibility index (Phi) is 4.35. The molecule has 4 heteroatoms. The third-order valence-electron chi connectivity index (χ3n) is 2.95. The van der Waals surface area contributed by atoms with Crippen molar-refractivity contribution in [2.24, 2.45) is 0 Å². The summed E-state index contributed by atoms with van der Waals surface area (Å²) in [5, 5.41) is 11.7. The van der Waals surface area contributed by atoms with Crippen molar-refractivity contribution in [3.63, 3.8) is 0 Å². The average Bonchev–Trinajstić information content (AvgIpc) is 2.41. The summed E-state index contributed by atoms with van der Waals surface area (Å²) in [6.45, 7) is 2.00. The Labute approximate surface area is 117 Å². The quantitative estimate of drug-likeness (QED) is 0.839. The molecule has 0 spiro atoms. The van der Waals surface area contributed by atoms with Gasteiger partial charge < -0.3 is 10.4 Å². The Balaban J connectivity index is 1.91. The first-order valence-electron chi connectivity index (χ1n) is 6.38. The first-order valence-corrected chi connectivity index (χ1v) is 6.38. The molecule has 2 aromatic rings. The molecule has 2 rings (SSSR count). The first kappa shape index (κ1) is 14.1. The lowest BCUT2D eigenvalue weighted by atomic mass is 10.1. The Morgan fingerprint density at radius 2 is 2.05 bits per heavy atom. The zero-order valence-corrected chi connectivity index (χ0v) is 11.2. The number of anilines is 1. The van der Waals surface area contributed by atoms with E-state index in [1.54, 1.807) is 0 Å². The Hall–Kier alpha value is -2.36. The highest BCUT2D eigenvalue weighted by Gasteiger charge is 2.06. The zero-order valence-electron chi connectivity index (χ0n) is 11.2. The molecule has 2 aromatic carbocycles. The summed E-state index contributed by atoms with van der Waals surface area (Å²) in [4.78, 5) is 11.8. The number of carbonyl (C=O) groups is 1. The molecule has 0 saturated heterocycles. The molecular formula is C16H16FNO2. The standard InChI is InChI=1S/C16H16FNO2/c1-11-3-2-4-12(9-11)5-8-16(20)18-13-6-7-15(19)14(17)10-13/h2-4,6-7,9-10,19H,5,8H2,1H3,(H,18,20). The maximum atomic E-state index is 13.1. The van der Waals surface area contributed by atoms with Crippen molar-refractivity contribution < 1.29 is 14.3 Å². The van der Waals surface area contributed by atoms with Crippen LogP contribution in [0.5, 0.6) is 5.75 Å². The fourth-order valence-corrected chi connectivity index (χ4v) is 1.93. The van der Waals surface area contributed by atoms with E-state index in [2.05, 4.69) is 5.32 Å². The van der Waals surface area contributed by atoms with Gasteiger partial charge in [0.1, 0.15) is 0 Å². The molecule has 0 aliphatic carbocycles. The average molecular weight is 273 g/mol. The van der Waals surface area contributed by atoms with Gasteiger partial charge in [0.2, 0.25) is 5.91 Å². The maximum absolute atomic E-state index is 13.1. The minimum absolute atomic E-state index is 0.184. The maximum Gasteiger partial charge on any atom is 0.224 e. The van der Waals surface area contributed by atoms with Gasteiger partial charge in [-0.1, -0.05) is 29.8 Å². The van der Waals surface area contributed by atoms with E-state index >= 15 is 0 Å². The molecule has 0 aliphatic heterocycles. The van der Waals surface area contributed by atoms with Crippen LogP contribution in [0.2, 0.25) is 0 Å². The molecule has 20 heavy (non-hydrogen) atoms. The molecule has 0 radical (unpaired) electrons. The van der Waals surface area contributed by atoms with Crippen LogP contribution < -0.4 is 5.32 Å². The van der Waals surface area contributed by atoms with Gasteiger partial charge >= 0.3 is 0 Å². The van der Waals surface area contributed by atoms with Crippen LogP contribution >= 0.6 is 0 Å². The SMILES string of the molecule is Cc1cccc(CCC(=O)Nc2ccc(O)c(F)c2)c1. The minimum atomic E-state index is -0.749. The lowest BCUT2D eigenvalue weighted by Gasteiger charge is -2.06. The summed E-state index contributed by atoms with van der Waals surface area (Å²) >= 11 is 0. The normalized spacial score (nSPS) is 10.3. The third-order valence-corrected chi connectivity index (χ3v) is 2.95. The molecule has 2 N–H and O–H groups in total. The van der Waals surface area contributed by atoms with Gasteiger partial charge in [0, 0.05) is 18.2 Å². The van der Waals surface area contributed by atoms with E-state index in [-0.39, 0.29) is 5.91 Å². The first-order chi connectivity index (χ1) is 9.54. The number of halogens is 1. The van der Waals surface area contributed by atoms with E-state index in [0.717, 1.165) is 17.2 Å². The third kappa shape index (κ3) is 3.82. The van der Waals surface area contributed by atoms with E-state index in [4.69, 9.17) is 5.11 Å². The fraction of sp³-hybridized carbons (Fsp3) is 0.188. The number of phenols is 1. The van der Waals surface area contributed by atoms with Crippen LogP contribution in [0.25, 0.3) is 0 Å². The van der Waals surface area contributed by atoms with Crippen LogP contribution in [0, 0.1) is 12.7 Å². The number of nitrogens with one attached hydrogen (secondary N) is 1. The highest BCUT2D eigenvalue weighted by molar-refractivity contribution is 5.90. The van der Waals surface area contributed by atoms with Crippen molar-refractivity contribution in [2.45, 2.75) is 19.8 Å². The molecule has 0 aliphatic rings. The summed E-state index contributed by atoms with van der Waals surface area (Å²) in [5.41, 5.74) is 2.59. The van der Waals surface area contributed by atoms with Crippen LogP contribution in [0.4, 0.5) is 10.1 Å². The molecule has 0 atom stereocenters. The zero-order chi connectivity index (χ0) is 14.5. The molecule has 0 unspecified atom stereocenters. The number of aromatic hydroxyl groups is 1. The van der Waals surface area contributed by atoms with E-state index < -0.39 is 11.6 Å². The van der Waals surface area contributed by atoms with Gasteiger partial charge in [0.05, 0.1) is 0 Å². The number of benzene rings is 2. The van der Waals surface area contributed by atoms with Crippen molar-refractivity contribution in [2.75, 3.05) is 5.32 Å². The topological polar surface area (TPSA) is 49.3 Å². The number of amides is 1. The van der Waals surface area contributed by atoms with Crippen LogP contribution in [0.1, 0.15) is 17.5 Å². The van der Waals surface area contributed by atoms with Crippen molar-refractivity contribution in [1.82, 2.24) is 0 Å². The molecule has 1 amide bonds.